The summed E-state index contributed by atoms with van der Waals surface area (Å²) in [5, 5.41) is 4.15. The molecule has 6 nitrogen and oxygen atoms in total. The number of carbonyl (C=O) groups is 1. The second-order valence-electron chi connectivity index (χ2n) is 7.31. The number of benzene rings is 1. The van der Waals surface area contributed by atoms with Crippen molar-refractivity contribution in [2.24, 2.45) is 0 Å². The van der Waals surface area contributed by atoms with Crippen molar-refractivity contribution < 1.29 is 17.6 Å². The number of rotatable bonds is 6. The van der Waals surface area contributed by atoms with Crippen LogP contribution in [0.4, 0.5) is 10.1 Å². The molecular formula is C21H23ClFN3O3S. The zero-order chi connectivity index (χ0) is 21.9. The Bertz CT molecular complexity index is 1070. The van der Waals surface area contributed by atoms with Gasteiger partial charge in [-0.2, -0.15) is 0 Å². The number of amides is 1. The molecule has 1 fully saturated rings. The highest BCUT2D eigenvalue weighted by Gasteiger charge is 2.29. The number of hydrogen-bond acceptors (Lipinski definition) is 5. The summed E-state index contributed by atoms with van der Waals surface area (Å²) in [5.74, 6) is -1.27. The van der Waals surface area contributed by atoms with Crippen molar-refractivity contribution in [2.75, 3.05) is 17.7 Å². The van der Waals surface area contributed by atoms with Crippen molar-refractivity contribution in [2.45, 2.75) is 31.8 Å². The summed E-state index contributed by atoms with van der Waals surface area (Å²) in [6.45, 7) is 2.34. The lowest BCUT2D eigenvalue weighted by Crippen LogP contribution is -2.32. The monoisotopic (exact) mass is 451 g/mol. The van der Waals surface area contributed by atoms with Gasteiger partial charge in [-0.05, 0) is 50.1 Å². The predicted molar refractivity (Wildman–Crippen MR) is 116 cm³/mol. The molecule has 0 spiro atoms. The Balaban J connectivity index is 1.77. The minimum Gasteiger partial charge on any atom is -0.363 e. The molecule has 1 saturated heterocycles. The summed E-state index contributed by atoms with van der Waals surface area (Å²) in [6, 6.07) is 7.39. The summed E-state index contributed by atoms with van der Waals surface area (Å²) < 4.78 is 37.1. The van der Waals surface area contributed by atoms with E-state index in [1.54, 1.807) is 31.3 Å². The van der Waals surface area contributed by atoms with E-state index in [4.69, 9.17) is 11.6 Å². The highest BCUT2D eigenvalue weighted by molar-refractivity contribution is 7.93. The van der Waals surface area contributed by atoms with Crippen molar-refractivity contribution in [3.63, 3.8) is 0 Å². The van der Waals surface area contributed by atoms with Crippen molar-refractivity contribution >= 4 is 33.0 Å². The Morgan fingerprint density at radius 3 is 2.83 bits per heavy atom. The molecule has 0 saturated carbocycles. The van der Waals surface area contributed by atoms with Crippen LogP contribution in [0.3, 0.4) is 0 Å². The van der Waals surface area contributed by atoms with E-state index < -0.39 is 27.6 Å². The number of hydrogen-bond donors (Lipinski definition) is 1. The van der Waals surface area contributed by atoms with Crippen LogP contribution in [0.1, 0.15) is 41.9 Å². The van der Waals surface area contributed by atoms with Gasteiger partial charge in [0.05, 0.1) is 22.3 Å². The Labute approximate surface area is 180 Å². The van der Waals surface area contributed by atoms with Gasteiger partial charge in [0.1, 0.15) is 5.82 Å². The number of nitrogens with zero attached hydrogens (tertiary/aromatic N) is 2. The van der Waals surface area contributed by atoms with E-state index in [9.17, 15) is 17.6 Å². The van der Waals surface area contributed by atoms with Crippen LogP contribution in [-0.4, -0.2) is 38.2 Å². The number of aromatic nitrogens is 1. The maximum atomic E-state index is 14.7. The predicted octanol–water partition coefficient (Wildman–Crippen LogP) is 3.89. The average molecular weight is 452 g/mol. The Kier molecular flexibility index (Phi) is 6.77. The molecule has 1 amide bonds. The van der Waals surface area contributed by atoms with Crippen LogP contribution in [0.2, 0.25) is 5.02 Å². The van der Waals surface area contributed by atoms with Gasteiger partial charge < -0.3 is 10.2 Å². The standard InChI is InChI=1S/C21H23ClFN3O3S/c1-14(9-12-30(2,28)29)25-21(27)16-8-7-15(13-18(16)23)26-11-4-6-19(26)20-17(22)5-3-10-24-20/h3,5,7-10,12-14,19H,4,6,11H2,1-2H3,(H,25,27)/b12-9+/t14-,19+/m1/s1. The third kappa shape index (κ3) is 5.37. The van der Waals surface area contributed by atoms with Crippen LogP contribution in [0.5, 0.6) is 0 Å². The maximum absolute atomic E-state index is 14.7. The molecule has 1 aromatic carbocycles. The number of pyridine rings is 1. The van der Waals surface area contributed by atoms with Gasteiger partial charge in [0, 0.05) is 36.1 Å². The summed E-state index contributed by atoms with van der Waals surface area (Å²) in [5.41, 5.74) is 1.30. The van der Waals surface area contributed by atoms with E-state index in [2.05, 4.69) is 10.3 Å². The molecule has 1 N–H and O–H groups in total. The fourth-order valence-corrected chi connectivity index (χ4v) is 4.23. The van der Waals surface area contributed by atoms with E-state index in [0.29, 0.717) is 10.7 Å². The molecule has 0 aliphatic carbocycles. The minimum atomic E-state index is -3.30. The zero-order valence-electron chi connectivity index (χ0n) is 16.7. The van der Waals surface area contributed by atoms with E-state index in [1.807, 2.05) is 4.90 Å². The average Bonchev–Trinajstić information content (AvgIpc) is 3.15. The van der Waals surface area contributed by atoms with Crippen molar-refractivity contribution in [3.05, 3.63) is 70.1 Å². The molecule has 9 heteroatoms. The quantitative estimate of drug-likeness (QED) is 0.720. The summed E-state index contributed by atoms with van der Waals surface area (Å²) in [4.78, 5) is 18.8. The van der Waals surface area contributed by atoms with E-state index in [0.717, 1.165) is 36.7 Å². The number of sulfone groups is 1. The largest absolute Gasteiger partial charge is 0.363 e. The van der Waals surface area contributed by atoms with Crippen LogP contribution in [0, 0.1) is 5.82 Å². The lowest BCUT2D eigenvalue weighted by molar-refractivity contribution is 0.0943. The summed E-state index contributed by atoms with van der Waals surface area (Å²) >= 11 is 6.30. The molecule has 1 aliphatic rings. The van der Waals surface area contributed by atoms with Crippen LogP contribution in [0.25, 0.3) is 0 Å². The highest BCUT2D eigenvalue weighted by atomic mass is 35.5. The van der Waals surface area contributed by atoms with Gasteiger partial charge in [0.15, 0.2) is 9.84 Å². The van der Waals surface area contributed by atoms with Gasteiger partial charge in [-0.1, -0.05) is 17.7 Å². The van der Waals surface area contributed by atoms with Gasteiger partial charge in [-0.3, -0.25) is 9.78 Å². The molecule has 0 radical (unpaired) electrons. The van der Waals surface area contributed by atoms with Gasteiger partial charge in [-0.15, -0.1) is 0 Å². The van der Waals surface area contributed by atoms with E-state index in [1.165, 1.54) is 18.2 Å². The smallest absolute Gasteiger partial charge is 0.254 e. The van der Waals surface area contributed by atoms with Crippen LogP contribution in [0.15, 0.2) is 48.0 Å². The topological polar surface area (TPSA) is 79.4 Å². The first kappa shape index (κ1) is 22.2. The maximum Gasteiger partial charge on any atom is 0.254 e. The molecular weight excluding hydrogens is 429 g/mol. The van der Waals surface area contributed by atoms with Crippen LogP contribution >= 0.6 is 11.6 Å². The van der Waals surface area contributed by atoms with Crippen LogP contribution < -0.4 is 10.2 Å². The summed E-state index contributed by atoms with van der Waals surface area (Å²) in [6.07, 6.45) is 5.85. The Hall–Kier alpha value is -2.45. The number of anilines is 1. The van der Waals surface area contributed by atoms with Gasteiger partial charge in [-0.25, -0.2) is 12.8 Å². The highest BCUT2D eigenvalue weighted by Crippen LogP contribution is 2.38. The number of nitrogens with one attached hydrogen (secondary N) is 1. The number of halogens is 2. The molecule has 1 aliphatic heterocycles. The van der Waals surface area contributed by atoms with Gasteiger partial charge in [0.25, 0.3) is 5.91 Å². The van der Waals surface area contributed by atoms with Crippen molar-refractivity contribution in [1.82, 2.24) is 10.3 Å². The normalized spacial score (nSPS) is 18.0. The Morgan fingerprint density at radius 2 is 2.17 bits per heavy atom. The second kappa shape index (κ2) is 9.14. The molecule has 160 valence electrons. The van der Waals surface area contributed by atoms with Gasteiger partial charge in [0.2, 0.25) is 0 Å². The third-order valence-electron chi connectivity index (χ3n) is 4.86. The number of carbonyl (C=O) groups excluding carboxylic acids is 1. The van der Waals surface area contributed by atoms with E-state index >= 15 is 0 Å². The molecule has 0 unspecified atom stereocenters. The van der Waals surface area contributed by atoms with Gasteiger partial charge >= 0.3 is 0 Å². The lowest BCUT2D eigenvalue weighted by atomic mass is 10.1. The van der Waals surface area contributed by atoms with Crippen LogP contribution in [-0.2, 0) is 9.84 Å². The van der Waals surface area contributed by atoms with E-state index in [-0.39, 0.29) is 11.6 Å². The van der Waals surface area contributed by atoms with Crippen molar-refractivity contribution in [3.8, 4) is 0 Å². The first-order valence-corrected chi connectivity index (χ1v) is 11.8. The lowest BCUT2D eigenvalue weighted by Gasteiger charge is -2.27. The zero-order valence-corrected chi connectivity index (χ0v) is 18.3. The molecule has 2 aromatic rings. The first-order chi connectivity index (χ1) is 14.2. The molecule has 0 bridgehead atoms. The van der Waals surface area contributed by atoms with Crippen molar-refractivity contribution in [1.29, 1.82) is 0 Å². The second-order valence-corrected chi connectivity index (χ2v) is 9.64. The minimum absolute atomic E-state index is 0.0565. The first-order valence-electron chi connectivity index (χ1n) is 9.51. The molecule has 2 atom stereocenters. The molecule has 30 heavy (non-hydrogen) atoms. The molecule has 3 rings (SSSR count). The SMILES string of the molecule is C[C@H](/C=C/S(C)(=O)=O)NC(=O)c1ccc(N2CCC[C@H]2c2ncccc2Cl)cc1F. The molecule has 2 heterocycles. The fraction of sp³-hybridized carbons (Fsp3) is 0.333. The Morgan fingerprint density at radius 1 is 1.40 bits per heavy atom. The summed E-state index contributed by atoms with van der Waals surface area (Å²) in [7, 11) is -3.30. The third-order valence-corrected chi connectivity index (χ3v) is 5.83. The molecule has 1 aromatic heterocycles. The fourth-order valence-electron chi connectivity index (χ4n) is 3.46.